The van der Waals surface area contributed by atoms with E-state index in [1.807, 2.05) is 53.4 Å². The van der Waals surface area contributed by atoms with Crippen LogP contribution < -0.4 is 10.1 Å². The maximum atomic E-state index is 12.9. The number of carbonyl (C=O) groups excluding carboxylic acids is 2. The fraction of sp³-hybridized carbons (Fsp3) is 0.440. The summed E-state index contributed by atoms with van der Waals surface area (Å²) in [7, 11) is 0. The molecule has 2 aliphatic rings. The summed E-state index contributed by atoms with van der Waals surface area (Å²) < 4.78 is 11.4. The van der Waals surface area contributed by atoms with Crippen molar-refractivity contribution >= 4 is 11.8 Å². The SMILES string of the molecule is O=C(NCc1ccccc1)C1CCN(C(=O)c2cccc(OC[C@@H]3CCCO3)c2)CC1. The van der Waals surface area contributed by atoms with E-state index in [1.165, 1.54) is 0 Å². The second kappa shape index (κ2) is 10.4. The number of piperidine rings is 1. The molecule has 2 aromatic carbocycles. The van der Waals surface area contributed by atoms with Gasteiger partial charge in [0.15, 0.2) is 0 Å². The van der Waals surface area contributed by atoms with E-state index in [1.54, 1.807) is 6.07 Å². The monoisotopic (exact) mass is 422 g/mol. The lowest BCUT2D eigenvalue weighted by molar-refractivity contribution is -0.126. The Morgan fingerprint density at radius 3 is 2.58 bits per heavy atom. The molecule has 2 amide bonds. The van der Waals surface area contributed by atoms with Gasteiger partial charge in [-0.25, -0.2) is 0 Å². The maximum Gasteiger partial charge on any atom is 0.253 e. The minimum Gasteiger partial charge on any atom is -0.491 e. The van der Waals surface area contributed by atoms with Crippen LogP contribution in [0.3, 0.4) is 0 Å². The fourth-order valence-corrected chi connectivity index (χ4v) is 4.14. The summed E-state index contributed by atoms with van der Waals surface area (Å²) in [6, 6.07) is 17.2. The van der Waals surface area contributed by atoms with Gasteiger partial charge < -0.3 is 19.7 Å². The Morgan fingerprint density at radius 1 is 1.03 bits per heavy atom. The topological polar surface area (TPSA) is 67.9 Å². The van der Waals surface area contributed by atoms with Crippen molar-refractivity contribution < 1.29 is 19.1 Å². The zero-order valence-electron chi connectivity index (χ0n) is 17.8. The third-order valence-corrected chi connectivity index (χ3v) is 6.00. The summed E-state index contributed by atoms with van der Waals surface area (Å²) in [5.74, 6) is 0.705. The molecule has 2 heterocycles. The number of carbonyl (C=O) groups is 2. The van der Waals surface area contributed by atoms with Crippen LogP contribution in [0.15, 0.2) is 54.6 Å². The van der Waals surface area contributed by atoms with Gasteiger partial charge in [0.25, 0.3) is 5.91 Å². The second-order valence-corrected chi connectivity index (χ2v) is 8.24. The van der Waals surface area contributed by atoms with Crippen molar-refractivity contribution in [3.8, 4) is 5.75 Å². The van der Waals surface area contributed by atoms with E-state index in [9.17, 15) is 9.59 Å². The number of amides is 2. The molecule has 0 bridgehead atoms. The number of hydrogen-bond acceptors (Lipinski definition) is 4. The van der Waals surface area contributed by atoms with Crippen molar-refractivity contribution in [2.45, 2.75) is 38.3 Å². The minimum absolute atomic E-state index is 0.00860. The van der Waals surface area contributed by atoms with Gasteiger partial charge in [0.05, 0.1) is 6.10 Å². The molecule has 2 saturated heterocycles. The Balaban J connectivity index is 1.25. The summed E-state index contributed by atoms with van der Waals surface area (Å²) in [5.41, 5.74) is 1.71. The molecule has 0 unspecified atom stereocenters. The molecule has 0 aromatic heterocycles. The van der Waals surface area contributed by atoms with Gasteiger partial charge in [-0.1, -0.05) is 36.4 Å². The quantitative estimate of drug-likeness (QED) is 0.743. The molecule has 0 saturated carbocycles. The van der Waals surface area contributed by atoms with Crippen LogP contribution in [-0.2, 0) is 16.1 Å². The van der Waals surface area contributed by atoms with E-state index in [4.69, 9.17) is 9.47 Å². The molecule has 164 valence electrons. The second-order valence-electron chi connectivity index (χ2n) is 8.24. The van der Waals surface area contributed by atoms with Crippen molar-refractivity contribution in [3.63, 3.8) is 0 Å². The van der Waals surface area contributed by atoms with Crippen LogP contribution in [0.25, 0.3) is 0 Å². The molecule has 31 heavy (non-hydrogen) atoms. The van der Waals surface area contributed by atoms with Gasteiger partial charge >= 0.3 is 0 Å². The highest BCUT2D eigenvalue weighted by Crippen LogP contribution is 2.22. The average Bonchev–Trinajstić information content (AvgIpc) is 3.35. The average molecular weight is 423 g/mol. The van der Waals surface area contributed by atoms with Gasteiger partial charge in [-0.05, 0) is 49.4 Å². The summed E-state index contributed by atoms with van der Waals surface area (Å²) in [4.78, 5) is 27.3. The highest BCUT2D eigenvalue weighted by atomic mass is 16.5. The Bertz CT molecular complexity index is 872. The zero-order chi connectivity index (χ0) is 21.5. The molecular weight excluding hydrogens is 392 g/mol. The van der Waals surface area contributed by atoms with Crippen molar-refractivity contribution in [1.29, 1.82) is 0 Å². The van der Waals surface area contributed by atoms with Gasteiger partial charge in [0, 0.05) is 37.7 Å². The predicted molar refractivity (Wildman–Crippen MR) is 118 cm³/mol. The molecule has 1 N–H and O–H groups in total. The van der Waals surface area contributed by atoms with Gasteiger partial charge in [0.2, 0.25) is 5.91 Å². The highest BCUT2D eigenvalue weighted by Gasteiger charge is 2.28. The van der Waals surface area contributed by atoms with Gasteiger partial charge in [-0.2, -0.15) is 0 Å². The number of rotatable bonds is 7. The molecule has 0 aliphatic carbocycles. The van der Waals surface area contributed by atoms with Crippen LogP contribution in [0.5, 0.6) is 5.75 Å². The summed E-state index contributed by atoms with van der Waals surface area (Å²) in [5, 5.41) is 3.02. The lowest BCUT2D eigenvalue weighted by Gasteiger charge is -2.31. The van der Waals surface area contributed by atoms with E-state index in [0.29, 0.717) is 50.4 Å². The van der Waals surface area contributed by atoms with E-state index in [0.717, 1.165) is 25.0 Å². The first kappa shape index (κ1) is 21.4. The lowest BCUT2D eigenvalue weighted by atomic mass is 9.95. The van der Waals surface area contributed by atoms with Crippen LogP contribution in [0, 0.1) is 5.92 Å². The van der Waals surface area contributed by atoms with Crippen molar-refractivity contribution in [2.75, 3.05) is 26.3 Å². The molecule has 1 atom stereocenters. The van der Waals surface area contributed by atoms with E-state index < -0.39 is 0 Å². The molecule has 4 rings (SSSR count). The molecular formula is C25H30N2O4. The highest BCUT2D eigenvalue weighted by molar-refractivity contribution is 5.94. The van der Waals surface area contributed by atoms with E-state index in [2.05, 4.69) is 5.32 Å². The number of benzene rings is 2. The standard InChI is InChI=1S/C25H30N2O4/c28-24(26-17-19-6-2-1-3-7-19)20-11-13-27(14-12-20)25(29)21-8-4-9-22(16-21)31-18-23-10-5-15-30-23/h1-4,6-9,16,20,23H,5,10-15,17-18H2,(H,26,28)/t23-/m0/s1. The Hall–Kier alpha value is -2.86. The van der Waals surface area contributed by atoms with E-state index in [-0.39, 0.29) is 23.8 Å². The van der Waals surface area contributed by atoms with Crippen LogP contribution >= 0.6 is 0 Å². The molecule has 2 fully saturated rings. The Labute approximate surface area is 183 Å². The first-order valence-corrected chi connectivity index (χ1v) is 11.1. The Morgan fingerprint density at radius 2 is 1.84 bits per heavy atom. The van der Waals surface area contributed by atoms with Crippen LogP contribution in [0.4, 0.5) is 0 Å². The lowest BCUT2D eigenvalue weighted by Crippen LogP contribution is -2.42. The predicted octanol–water partition coefficient (Wildman–Crippen LogP) is 3.41. The normalized spacial score (nSPS) is 19.2. The number of nitrogens with one attached hydrogen (secondary N) is 1. The summed E-state index contributed by atoms with van der Waals surface area (Å²) in [6.45, 7) is 3.03. The van der Waals surface area contributed by atoms with E-state index >= 15 is 0 Å². The minimum atomic E-state index is -0.0474. The Kier molecular flexibility index (Phi) is 7.20. The first-order valence-electron chi connectivity index (χ1n) is 11.1. The van der Waals surface area contributed by atoms with Gasteiger partial charge in [0.1, 0.15) is 12.4 Å². The number of ether oxygens (including phenoxy) is 2. The van der Waals surface area contributed by atoms with Crippen molar-refractivity contribution in [2.24, 2.45) is 5.92 Å². The van der Waals surface area contributed by atoms with Crippen LogP contribution in [0.1, 0.15) is 41.6 Å². The number of hydrogen-bond donors (Lipinski definition) is 1. The summed E-state index contributed by atoms with van der Waals surface area (Å²) >= 11 is 0. The molecule has 0 radical (unpaired) electrons. The number of nitrogens with zero attached hydrogens (tertiary/aromatic N) is 1. The molecule has 2 aromatic rings. The smallest absolute Gasteiger partial charge is 0.253 e. The van der Waals surface area contributed by atoms with Crippen molar-refractivity contribution in [3.05, 3.63) is 65.7 Å². The van der Waals surface area contributed by atoms with Crippen molar-refractivity contribution in [1.82, 2.24) is 10.2 Å². The summed E-state index contributed by atoms with van der Waals surface area (Å²) in [6.07, 6.45) is 3.61. The third-order valence-electron chi connectivity index (χ3n) is 6.00. The van der Waals surface area contributed by atoms with Crippen LogP contribution in [-0.4, -0.2) is 49.1 Å². The van der Waals surface area contributed by atoms with Gasteiger partial charge in [-0.15, -0.1) is 0 Å². The molecule has 0 spiro atoms. The van der Waals surface area contributed by atoms with Crippen LogP contribution in [0.2, 0.25) is 0 Å². The largest absolute Gasteiger partial charge is 0.491 e. The maximum absolute atomic E-state index is 12.9. The third kappa shape index (κ3) is 5.85. The zero-order valence-corrected chi connectivity index (χ0v) is 17.8. The molecule has 2 aliphatic heterocycles. The molecule has 6 nitrogen and oxygen atoms in total. The first-order chi connectivity index (χ1) is 15.2. The molecule has 6 heteroatoms. The fourth-order valence-electron chi connectivity index (χ4n) is 4.14. The number of likely N-dealkylation sites (tertiary alicyclic amines) is 1. The van der Waals surface area contributed by atoms with Gasteiger partial charge in [-0.3, -0.25) is 9.59 Å².